The molecule has 1 aromatic heterocycles. The van der Waals surface area contributed by atoms with Gasteiger partial charge in [0.25, 0.3) is 0 Å². The molecule has 0 radical (unpaired) electrons. The fourth-order valence-corrected chi connectivity index (χ4v) is 6.55. The Morgan fingerprint density at radius 2 is 2.00 bits per heavy atom. The van der Waals surface area contributed by atoms with Crippen molar-refractivity contribution in [3.63, 3.8) is 0 Å². The number of nitriles is 1. The Balaban J connectivity index is 1.48. The van der Waals surface area contributed by atoms with Crippen LogP contribution in [0.15, 0.2) is 30.9 Å². The molecular weight excluding hydrogens is 599 g/mol. The number of benzene rings is 1. The second-order valence-electron chi connectivity index (χ2n) is 11.3. The van der Waals surface area contributed by atoms with Crippen molar-refractivity contribution < 1.29 is 27.4 Å². The Kier molecular flexibility index (Phi) is 9.53. The molecule has 44 heavy (non-hydrogen) atoms. The summed E-state index contributed by atoms with van der Waals surface area (Å²) >= 11 is 6.04. The Hall–Kier alpha value is -3.60. The van der Waals surface area contributed by atoms with Crippen LogP contribution in [0, 0.1) is 11.3 Å². The fourth-order valence-electron chi connectivity index (χ4n) is 6.28. The Labute approximate surface area is 259 Å². The Morgan fingerprint density at radius 3 is 2.68 bits per heavy atom. The van der Waals surface area contributed by atoms with Gasteiger partial charge in [0.1, 0.15) is 12.4 Å². The van der Waals surface area contributed by atoms with Gasteiger partial charge < -0.3 is 24.2 Å². The molecule has 3 aliphatic heterocycles. The molecule has 2 saturated heterocycles. The van der Waals surface area contributed by atoms with Crippen LogP contribution in [0.2, 0.25) is 5.02 Å². The number of aromatic nitrogens is 2. The van der Waals surface area contributed by atoms with Crippen molar-refractivity contribution >= 4 is 29.0 Å². The van der Waals surface area contributed by atoms with Gasteiger partial charge in [-0.3, -0.25) is 9.69 Å². The highest BCUT2D eigenvalue weighted by Gasteiger charge is 2.39. The summed E-state index contributed by atoms with van der Waals surface area (Å²) < 4.78 is 53.8. The van der Waals surface area contributed by atoms with Crippen LogP contribution in [0.4, 0.5) is 24.7 Å². The second-order valence-corrected chi connectivity index (χ2v) is 11.7. The van der Waals surface area contributed by atoms with Crippen molar-refractivity contribution in [3.8, 4) is 12.1 Å². The number of ether oxygens (including phenoxy) is 2. The van der Waals surface area contributed by atoms with Gasteiger partial charge in [-0.05, 0) is 38.1 Å². The number of halogens is 4. The van der Waals surface area contributed by atoms with Gasteiger partial charge in [0.2, 0.25) is 5.91 Å². The predicted molar refractivity (Wildman–Crippen MR) is 159 cm³/mol. The maximum Gasteiger partial charge on any atom is 0.419 e. The number of likely N-dealkylation sites (tertiary alicyclic amines) is 1. The summed E-state index contributed by atoms with van der Waals surface area (Å²) in [5.41, 5.74) is 0.471. The lowest BCUT2D eigenvalue weighted by molar-refractivity contribution is -0.137. The van der Waals surface area contributed by atoms with Crippen LogP contribution < -0.4 is 14.5 Å². The number of methoxy groups -OCH3 is 1. The smallest absolute Gasteiger partial charge is 0.419 e. The summed E-state index contributed by atoms with van der Waals surface area (Å²) in [6.07, 6.45) is -2.01. The number of rotatable bonds is 8. The molecular formula is C30H35ClF3N7O3. The lowest BCUT2D eigenvalue weighted by atomic mass is 10.0. The van der Waals surface area contributed by atoms with E-state index in [1.165, 1.54) is 24.3 Å². The van der Waals surface area contributed by atoms with Crippen LogP contribution >= 0.6 is 11.6 Å². The highest BCUT2D eigenvalue weighted by atomic mass is 35.5. The van der Waals surface area contributed by atoms with Crippen LogP contribution in [-0.2, 0) is 28.7 Å². The SMILES string of the molecule is C=CC(=O)N1CCN(c2nc(OC[C@@H]3C[C@@H](OC)CN3C)nc3c2CCN(c2cccc(Cl)c2C(F)(F)F)C3)CC1CC#N. The fraction of sp³-hybridized carbons (Fsp3) is 0.533. The molecule has 0 N–H and O–H groups in total. The van der Waals surface area contributed by atoms with Crippen molar-refractivity contribution in [2.24, 2.45) is 0 Å². The molecule has 3 aliphatic rings. The molecule has 2 fully saturated rings. The molecule has 4 heterocycles. The van der Waals surface area contributed by atoms with Crippen molar-refractivity contribution in [3.05, 3.63) is 52.7 Å². The van der Waals surface area contributed by atoms with E-state index in [-0.39, 0.29) is 60.3 Å². The number of piperazine rings is 1. The standard InChI is InChI=1S/C30H35ClF3N7O3/c1-4-26(42)41-13-12-40(15-19(41)8-10-35)28-22-9-11-39(25-7-5-6-23(31)27(25)30(32,33)34)17-24(22)36-29(37-28)44-18-20-14-21(43-3)16-38(20)2/h4-7,19-21H,1,8-9,11-18H2,2-3H3/t19?,20-,21+/m0/s1. The lowest BCUT2D eigenvalue weighted by Gasteiger charge is -2.42. The summed E-state index contributed by atoms with van der Waals surface area (Å²) in [7, 11) is 3.67. The molecule has 1 amide bonds. The highest BCUT2D eigenvalue weighted by Crippen LogP contribution is 2.43. The number of likely N-dealkylation sites (N-methyl/N-ethyl adjacent to an activating group) is 1. The van der Waals surface area contributed by atoms with Crippen molar-refractivity contribution in [1.82, 2.24) is 19.8 Å². The van der Waals surface area contributed by atoms with E-state index in [1.807, 2.05) is 11.9 Å². The number of amides is 1. The average molecular weight is 634 g/mol. The van der Waals surface area contributed by atoms with Crippen molar-refractivity contribution in [2.45, 2.75) is 50.2 Å². The van der Waals surface area contributed by atoms with Crippen LogP contribution in [0.25, 0.3) is 0 Å². The Morgan fingerprint density at radius 1 is 1.20 bits per heavy atom. The zero-order valence-electron chi connectivity index (χ0n) is 24.7. The maximum absolute atomic E-state index is 14.0. The molecule has 5 rings (SSSR count). The van der Waals surface area contributed by atoms with Gasteiger partial charge in [-0.25, -0.2) is 0 Å². The summed E-state index contributed by atoms with van der Waals surface area (Å²) in [4.78, 5) is 29.4. The minimum atomic E-state index is -4.63. The van der Waals surface area contributed by atoms with E-state index in [9.17, 15) is 23.2 Å². The van der Waals surface area contributed by atoms with E-state index >= 15 is 0 Å². The number of carbonyl (C=O) groups excluding carboxylic acids is 1. The Bertz CT molecular complexity index is 1440. The first kappa shape index (κ1) is 31.8. The number of hydrogen-bond acceptors (Lipinski definition) is 9. The van der Waals surface area contributed by atoms with Gasteiger partial charge in [-0.1, -0.05) is 24.2 Å². The van der Waals surface area contributed by atoms with Crippen LogP contribution in [-0.4, -0.2) is 97.4 Å². The van der Waals surface area contributed by atoms with E-state index in [1.54, 1.807) is 16.9 Å². The molecule has 1 unspecified atom stereocenters. The van der Waals surface area contributed by atoms with Crippen LogP contribution in [0.5, 0.6) is 6.01 Å². The van der Waals surface area contributed by atoms with Gasteiger partial charge in [-0.15, -0.1) is 0 Å². The van der Waals surface area contributed by atoms with Crippen molar-refractivity contribution in [1.29, 1.82) is 5.26 Å². The zero-order valence-corrected chi connectivity index (χ0v) is 25.4. The largest absolute Gasteiger partial charge is 0.462 e. The summed E-state index contributed by atoms with van der Waals surface area (Å²) in [5, 5.41) is 9.10. The number of carbonyl (C=O) groups is 1. The number of fused-ring (bicyclic) bond motifs is 1. The second kappa shape index (κ2) is 13.2. The summed E-state index contributed by atoms with van der Waals surface area (Å²) in [5.74, 6) is 0.362. The molecule has 10 nitrogen and oxygen atoms in total. The maximum atomic E-state index is 14.0. The summed E-state index contributed by atoms with van der Waals surface area (Å²) in [6.45, 7) is 6.20. The van der Waals surface area contributed by atoms with E-state index in [0.717, 1.165) is 18.5 Å². The van der Waals surface area contributed by atoms with Crippen molar-refractivity contribution in [2.75, 3.05) is 63.3 Å². The van der Waals surface area contributed by atoms with E-state index in [4.69, 9.17) is 31.0 Å². The van der Waals surface area contributed by atoms with Crippen LogP contribution in [0.1, 0.15) is 29.7 Å². The molecule has 14 heteroatoms. The van der Waals surface area contributed by atoms with Gasteiger partial charge >= 0.3 is 12.2 Å². The third-order valence-corrected chi connectivity index (χ3v) is 8.91. The number of alkyl halides is 3. The average Bonchev–Trinajstić information content (AvgIpc) is 3.37. The predicted octanol–water partition coefficient (Wildman–Crippen LogP) is 3.93. The minimum Gasteiger partial charge on any atom is -0.462 e. The van der Waals surface area contributed by atoms with Crippen LogP contribution in [0.3, 0.4) is 0 Å². The van der Waals surface area contributed by atoms with Gasteiger partial charge in [-0.2, -0.15) is 28.4 Å². The molecule has 0 spiro atoms. The minimum absolute atomic E-state index is 0.0119. The number of nitrogens with zero attached hydrogens (tertiary/aromatic N) is 7. The van der Waals surface area contributed by atoms with Gasteiger partial charge in [0.05, 0.1) is 53.1 Å². The third-order valence-electron chi connectivity index (χ3n) is 8.59. The number of hydrogen-bond donors (Lipinski definition) is 0. The normalized spacial score (nSPS) is 22.5. The molecule has 0 saturated carbocycles. The molecule has 3 atom stereocenters. The topological polar surface area (TPSA) is 98.1 Å². The zero-order chi connectivity index (χ0) is 31.6. The molecule has 0 bridgehead atoms. The third kappa shape index (κ3) is 6.57. The van der Waals surface area contributed by atoms with E-state index < -0.39 is 11.7 Å². The summed E-state index contributed by atoms with van der Waals surface area (Å²) in [6, 6.07) is 6.15. The van der Waals surface area contributed by atoms with Gasteiger partial charge in [0, 0.05) is 51.4 Å². The first-order chi connectivity index (χ1) is 21.0. The molecule has 0 aliphatic carbocycles. The molecule has 1 aromatic carbocycles. The van der Waals surface area contributed by atoms with E-state index in [0.29, 0.717) is 44.2 Å². The first-order valence-corrected chi connectivity index (χ1v) is 14.8. The van der Waals surface area contributed by atoms with Gasteiger partial charge in [0.15, 0.2) is 0 Å². The quantitative estimate of drug-likeness (QED) is 0.401. The monoisotopic (exact) mass is 633 g/mol. The highest BCUT2D eigenvalue weighted by molar-refractivity contribution is 6.31. The van der Waals surface area contributed by atoms with E-state index in [2.05, 4.69) is 17.5 Å². The molecule has 236 valence electrons. The lowest BCUT2D eigenvalue weighted by Crippen LogP contribution is -2.55. The first-order valence-electron chi connectivity index (χ1n) is 14.4. The number of anilines is 2. The molecule has 2 aromatic rings.